The quantitative estimate of drug-likeness (QED) is 0.881. The van der Waals surface area contributed by atoms with Crippen molar-refractivity contribution in [1.29, 1.82) is 0 Å². The van der Waals surface area contributed by atoms with Crippen LogP contribution >= 0.6 is 0 Å². The SMILES string of the molecule is O=C(O)C1CCCN1CCCc1nc(-c2ccccc2)no1. The predicted molar refractivity (Wildman–Crippen MR) is 80.3 cm³/mol. The van der Waals surface area contributed by atoms with Gasteiger partial charge in [0.15, 0.2) is 0 Å². The van der Waals surface area contributed by atoms with Crippen LogP contribution in [0.3, 0.4) is 0 Å². The number of nitrogens with zero attached hydrogens (tertiary/aromatic N) is 3. The van der Waals surface area contributed by atoms with Crippen molar-refractivity contribution in [2.45, 2.75) is 31.7 Å². The maximum atomic E-state index is 11.1. The fourth-order valence-electron chi connectivity index (χ4n) is 2.87. The Morgan fingerprint density at radius 3 is 2.95 bits per heavy atom. The summed E-state index contributed by atoms with van der Waals surface area (Å²) in [6.07, 6.45) is 3.19. The first-order valence-corrected chi connectivity index (χ1v) is 7.59. The Morgan fingerprint density at radius 1 is 1.36 bits per heavy atom. The molecule has 0 bridgehead atoms. The number of carboxylic acid groups (broad SMARTS) is 1. The average Bonchev–Trinajstić information content (AvgIpc) is 3.17. The van der Waals surface area contributed by atoms with Crippen molar-refractivity contribution < 1.29 is 14.4 Å². The van der Waals surface area contributed by atoms with Gasteiger partial charge in [0.1, 0.15) is 6.04 Å². The number of aryl methyl sites for hydroxylation is 1. The summed E-state index contributed by atoms with van der Waals surface area (Å²) in [4.78, 5) is 17.5. The van der Waals surface area contributed by atoms with E-state index in [4.69, 9.17) is 9.63 Å². The van der Waals surface area contributed by atoms with Crippen LogP contribution < -0.4 is 0 Å². The van der Waals surface area contributed by atoms with Crippen LogP contribution in [0.25, 0.3) is 11.4 Å². The van der Waals surface area contributed by atoms with Crippen LogP contribution in [0.2, 0.25) is 0 Å². The van der Waals surface area contributed by atoms with E-state index < -0.39 is 5.97 Å². The fourth-order valence-corrected chi connectivity index (χ4v) is 2.87. The molecule has 1 N–H and O–H groups in total. The molecule has 1 aromatic heterocycles. The standard InChI is InChI=1S/C16H19N3O3/c20-16(21)13-8-4-10-19(13)11-5-9-14-17-15(18-22-14)12-6-2-1-3-7-12/h1-3,6-7,13H,4-5,8-11H2,(H,20,21). The summed E-state index contributed by atoms with van der Waals surface area (Å²) in [5.41, 5.74) is 0.933. The molecule has 1 aliphatic rings. The van der Waals surface area contributed by atoms with Crippen molar-refractivity contribution in [1.82, 2.24) is 15.0 Å². The van der Waals surface area contributed by atoms with E-state index in [-0.39, 0.29) is 6.04 Å². The predicted octanol–water partition coefficient (Wildman–Crippen LogP) is 2.22. The molecular formula is C16H19N3O3. The van der Waals surface area contributed by atoms with Crippen molar-refractivity contribution in [3.8, 4) is 11.4 Å². The molecular weight excluding hydrogens is 282 g/mol. The number of rotatable bonds is 6. The first-order valence-electron chi connectivity index (χ1n) is 7.59. The van der Waals surface area contributed by atoms with Crippen molar-refractivity contribution >= 4 is 5.97 Å². The second-order valence-electron chi connectivity index (χ2n) is 5.51. The zero-order chi connectivity index (χ0) is 15.4. The number of carbonyl (C=O) groups is 1. The summed E-state index contributed by atoms with van der Waals surface area (Å²) in [6, 6.07) is 9.37. The number of aromatic nitrogens is 2. The number of aliphatic carboxylic acids is 1. The van der Waals surface area contributed by atoms with Gasteiger partial charge < -0.3 is 9.63 Å². The van der Waals surface area contributed by atoms with E-state index in [1.54, 1.807) is 0 Å². The van der Waals surface area contributed by atoms with Gasteiger partial charge in [-0.25, -0.2) is 0 Å². The lowest BCUT2D eigenvalue weighted by Crippen LogP contribution is -2.36. The molecule has 1 fully saturated rings. The smallest absolute Gasteiger partial charge is 0.320 e. The number of benzene rings is 1. The normalized spacial score (nSPS) is 18.6. The highest BCUT2D eigenvalue weighted by atomic mass is 16.5. The Morgan fingerprint density at radius 2 is 2.18 bits per heavy atom. The molecule has 3 rings (SSSR count). The third-order valence-corrected chi connectivity index (χ3v) is 3.98. The summed E-state index contributed by atoms with van der Waals surface area (Å²) in [7, 11) is 0. The Balaban J connectivity index is 1.52. The lowest BCUT2D eigenvalue weighted by atomic mass is 10.2. The molecule has 6 heteroatoms. The highest BCUT2D eigenvalue weighted by Crippen LogP contribution is 2.19. The zero-order valence-corrected chi connectivity index (χ0v) is 12.3. The average molecular weight is 301 g/mol. The molecule has 0 aliphatic carbocycles. The highest BCUT2D eigenvalue weighted by Gasteiger charge is 2.29. The molecule has 22 heavy (non-hydrogen) atoms. The van der Waals surface area contributed by atoms with Gasteiger partial charge in [-0.1, -0.05) is 35.5 Å². The van der Waals surface area contributed by atoms with Crippen molar-refractivity contribution in [3.63, 3.8) is 0 Å². The molecule has 1 saturated heterocycles. The Bertz CT molecular complexity index is 627. The van der Waals surface area contributed by atoms with Crippen molar-refractivity contribution in [3.05, 3.63) is 36.2 Å². The Hall–Kier alpha value is -2.21. The van der Waals surface area contributed by atoms with Crippen LogP contribution in [0.5, 0.6) is 0 Å². The molecule has 0 amide bonds. The van der Waals surface area contributed by atoms with Gasteiger partial charge in [-0.3, -0.25) is 9.69 Å². The van der Waals surface area contributed by atoms with Gasteiger partial charge in [0.2, 0.25) is 11.7 Å². The lowest BCUT2D eigenvalue weighted by molar-refractivity contribution is -0.142. The maximum absolute atomic E-state index is 11.1. The van der Waals surface area contributed by atoms with Crippen LogP contribution in [0.15, 0.2) is 34.9 Å². The molecule has 1 aliphatic heterocycles. The molecule has 116 valence electrons. The minimum Gasteiger partial charge on any atom is -0.480 e. The van der Waals surface area contributed by atoms with Gasteiger partial charge in [0.05, 0.1) is 0 Å². The molecule has 2 aromatic rings. The molecule has 1 unspecified atom stereocenters. The first kappa shape index (κ1) is 14.7. The minimum absolute atomic E-state index is 0.331. The molecule has 0 spiro atoms. The summed E-state index contributed by atoms with van der Waals surface area (Å²) in [5, 5.41) is 13.1. The Labute approximate surface area is 128 Å². The molecule has 6 nitrogen and oxygen atoms in total. The molecule has 1 aromatic carbocycles. The third-order valence-electron chi connectivity index (χ3n) is 3.98. The number of likely N-dealkylation sites (tertiary alicyclic amines) is 1. The molecule has 0 radical (unpaired) electrons. The van der Waals surface area contributed by atoms with Crippen molar-refractivity contribution in [2.75, 3.05) is 13.1 Å². The van der Waals surface area contributed by atoms with Crippen LogP contribution in [0.4, 0.5) is 0 Å². The van der Waals surface area contributed by atoms with Gasteiger partial charge >= 0.3 is 5.97 Å². The van der Waals surface area contributed by atoms with Gasteiger partial charge in [-0.05, 0) is 32.4 Å². The number of carboxylic acids is 1. The highest BCUT2D eigenvalue weighted by molar-refractivity contribution is 5.73. The van der Waals surface area contributed by atoms with Crippen LogP contribution in [-0.4, -0.2) is 45.2 Å². The second-order valence-corrected chi connectivity index (χ2v) is 5.51. The van der Waals surface area contributed by atoms with E-state index in [2.05, 4.69) is 10.1 Å². The summed E-state index contributed by atoms with van der Waals surface area (Å²) in [6.45, 7) is 1.61. The first-order chi connectivity index (χ1) is 10.7. The van der Waals surface area contributed by atoms with Gasteiger partial charge in [-0.15, -0.1) is 0 Å². The van der Waals surface area contributed by atoms with Gasteiger partial charge in [0.25, 0.3) is 0 Å². The van der Waals surface area contributed by atoms with E-state index in [9.17, 15) is 4.79 Å². The zero-order valence-electron chi connectivity index (χ0n) is 12.3. The van der Waals surface area contributed by atoms with E-state index >= 15 is 0 Å². The minimum atomic E-state index is -0.721. The number of hydrogen-bond donors (Lipinski definition) is 1. The summed E-state index contributed by atoms with van der Waals surface area (Å²) < 4.78 is 5.26. The van der Waals surface area contributed by atoms with E-state index in [0.29, 0.717) is 18.1 Å². The fraction of sp³-hybridized carbons (Fsp3) is 0.438. The second kappa shape index (κ2) is 6.70. The Kier molecular flexibility index (Phi) is 4.48. The van der Waals surface area contributed by atoms with E-state index in [1.807, 2.05) is 35.2 Å². The van der Waals surface area contributed by atoms with Crippen LogP contribution in [-0.2, 0) is 11.2 Å². The van der Waals surface area contributed by atoms with Crippen LogP contribution in [0, 0.1) is 0 Å². The van der Waals surface area contributed by atoms with E-state index in [0.717, 1.165) is 37.9 Å². The third kappa shape index (κ3) is 3.33. The van der Waals surface area contributed by atoms with Gasteiger partial charge in [-0.2, -0.15) is 4.98 Å². The summed E-state index contributed by atoms with van der Waals surface area (Å²) >= 11 is 0. The van der Waals surface area contributed by atoms with Gasteiger partial charge in [0, 0.05) is 12.0 Å². The maximum Gasteiger partial charge on any atom is 0.320 e. The molecule has 0 saturated carbocycles. The topological polar surface area (TPSA) is 79.5 Å². The largest absolute Gasteiger partial charge is 0.480 e. The monoisotopic (exact) mass is 301 g/mol. The summed E-state index contributed by atoms with van der Waals surface area (Å²) in [5.74, 6) is 0.478. The number of hydrogen-bond acceptors (Lipinski definition) is 5. The molecule has 2 heterocycles. The van der Waals surface area contributed by atoms with Crippen LogP contribution in [0.1, 0.15) is 25.2 Å². The van der Waals surface area contributed by atoms with Crippen molar-refractivity contribution in [2.24, 2.45) is 0 Å². The van der Waals surface area contributed by atoms with E-state index in [1.165, 1.54) is 0 Å². The molecule has 1 atom stereocenters. The lowest BCUT2D eigenvalue weighted by Gasteiger charge is -2.20.